The van der Waals surface area contributed by atoms with E-state index >= 15 is 0 Å². The van der Waals surface area contributed by atoms with Crippen LogP contribution in [0.4, 0.5) is 0 Å². The number of nitrogens with zero attached hydrogens (tertiary/aromatic N) is 1. The number of rotatable bonds is 3. The Morgan fingerprint density at radius 3 is 2.68 bits per heavy atom. The topological polar surface area (TPSA) is 109 Å². The maximum Gasteiger partial charge on any atom is 0.306 e. The summed E-state index contributed by atoms with van der Waals surface area (Å²) in [5, 5.41) is 22.3. The molecule has 0 spiro atoms. The third-order valence-corrected chi connectivity index (χ3v) is 8.21. The minimum atomic E-state index is -0.726. The van der Waals surface area contributed by atoms with Gasteiger partial charge in [-0.3, -0.25) is 9.59 Å². The van der Waals surface area contributed by atoms with E-state index in [-0.39, 0.29) is 36.5 Å². The number of cyclic esters (lactones) is 1. The van der Waals surface area contributed by atoms with Crippen molar-refractivity contribution in [1.82, 2.24) is 4.98 Å². The number of aliphatic hydroxyl groups is 2. The van der Waals surface area contributed by atoms with Crippen LogP contribution in [0.2, 0.25) is 0 Å². The summed E-state index contributed by atoms with van der Waals surface area (Å²) in [6, 6.07) is 0. The predicted octanol–water partition coefficient (Wildman–Crippen LogP) is 4.44. The van der Waals surface area contributed by atoms with Gasteiger partial charge in [-0.1, -0.05) is 33.6 Å². The van der Waals surface area contributed by atoms with Gasteiger partial charge < -0.3 is 19.7 Å². The molecule has 3 heterocycles. The molecule has 7 nitrogen and oxygen atoms in total. The van der Waals surface area contributed by atoms with Crippen molar-refractivity contribution in [2.24, 2.45) is 11.3 Å². The number of ketones is 1. The fraction of sp³-hybridized carbons (Fsp3) is 0.731. The molecule has 0 aromatic carbocycles. The average Bonchev–Trinajstić information content (AvgIpc) is 3.20. The minimum Gasteiger partial charge on any atom is -0.458 e. The lowest BCUT2D eigenvalue weighted by Gasteiger charge is -2.29. The number of thiazole rings is 1. The Bertz CT molecular complexity index is 909. The number of Topliss-reactive ketones (excluding diaryl/α,β-unsaturated/α-hetero) is 1. The highest BCUT2D eigenvalue weighted by Crippen LogP contribution is 2.44. The Kier molecular flexibility index (Phi) is 8.71. The summed E-state index contributed by atoms with van der Waals surface area (Å²) in [5.41, 5.74) is 0.611. The van der Waals surface area contributed by atoms with E-state index in [0.29, 0.717) is 24.3 Å². The number of carbonyl (C=O) groups is 2. The molecule has 2 aliphatic heterocycles. The van der Waals surface area contributed by atoms with E-state index in [1.165, 1.54) is 11.3 Å². The highest BCUT2D eigenvalue weighted by molar-refractivity contribution is 7.09. The van der Waals surface area contributed by atoms with Crippen molar-refractivity contribution in [3.8, 4) is 0 Å². The van der Waals surface area contributed by atoms with Gasteiger partial charge in [-0.2, -0.15) is 0 Å². The Morgan fingerprint density at radius 1 is 1.26 bits per heavy atom. The summed E-state index contributed by atoms with van der Waals surface area (Å²) in [7, 11) is 0. The van der Waals surface area contributed by atoms with Crippen molar-refractivity contribution >= 4 is 29.2 Å². The zero-order valence-electron chi connectivity index (χ0n) is 21.0. The first kappa shape index (κ1) is 27.0. The van der Waals surface area contributed by atoms with Gasteiger partial charge in [0.2, 0.25) is 0 Å². The van der Waals surface area contributed by atoms with E-state index in [2.05, 4.69) is 11.9 Å². The van der Waals surface area contributed by atoms with Crippen LogP contribution in [0.3, 0.4) is 0 Å². The van der Waals surface area contributed by atoms with Crippen LogP contribution >= 0.6 is 11.3 Å². The Morgan fingerprint density at radius 2 is 2.00 bits per heavy atom. The zero-order chi connectivity index (χ0) is 25.1. The number of hydrogen-bond acceptors (Lipinski definition) is 8. The molecule has 0 aliphatic carbocycles. The van der Waals surface area contributed by atoms with Crippen LogP contribution in [0.1, 0.15) is 90.3 Å². The smallest absolute Gasteiger partial charge is 0.306 e. The molecular weight excluding hydrogens is 454 g/mol. The van der Waals surface area contributed by atoms with Crippen LogP contribution in [0.25, 0.3) is 6.08 Å². The van der Waals surface area contributed by atoms with E-state index in [1.54, 1.807) is 6.92 Å². The minimum absolute atomic E-state index is 0.00754. The summed E-state index contributed by atoms with van der Waals surface area (Å²) in [6.07, 6.45) is 4.97. The zero-order valence-corrected chi connectivity index (χ0v) is 21.8. The van der Waals surface area contributed by atoms with Crippen molar-refractivity contribution in [2.45, 2.75) is 110 Å². The van der Waals surface area contributed by atoms with Crippen molar-refractivity contribution in [2.75, 3.05) is 0 Å². The van der Waals surface area contributed by atoms with E-state index < -0.39 is 23.5 Å². The third kappa shape index (κ3) is 6.74. The van der Waals surface area contributed by atoms with Crippen molar-refractivity contribution in [3.63, 3.8) is 0 Å². The molecule has 2 N–H and O–H groups in total. The maximum atomic E-state index is 13.0. The molecular formula is C26H39NO6S. The van der Waals surface area contributed by atoms with E-state index in [1.807, 2.05) is 32.2 Å². The standard InChI is InChI=1S/C26H39NO6S/c1-16(12-18-15-34-22(14-28)27-18)20-13-21-26(5,33-21)10-7-6-8-19(29)17(2)24(31)25(3,4)11-9-23(30)32-20/h12,15,17,19-21,28-29H,6-11,13-14H2,1-5H3/b16-12+/t17-,19?,20+,21?,26-/m1/s1. The second kappa shape index (κ2) is 11.0. The quantitative estimate of drug-likeness (QED) is 0.473. The van der Waals surface area contributed by atoms with Crippen LogP contribution in [-0.4, -0.2) is 50.9 Å². The monoisotopic (exact) mass is 493 g/mol. The van der Waals surface area contributed by atoms with Gasteiger partial charge in [-0.15, -0.1) is 11.3 Å². The van der Waals surface area contributed by atoms with Gasteiger partial charge in [0.15, 0.2) is 0 Å². The first-order valence-corrected chi connectivity index (χ1v) is 13.2. The lowest BCUT2D eigenvalue weighted by molar-refractivity contribution is -0.149. The fourth-order valence-corrected chi connectivity index (χ4v) is 5.36. The van der Waals surface area contributed by atoms with Gasteiger partial charge in [0.25, 0.3) is 0 Å². The van der Waals surface area contributed by atoms with E-state index in [4.69, 9.17) is 9.47 Å². The molecule has 3 rings (SSSR count). The van der Waals surface area contributed by atoms with Gasteiger partial charge in [0, 0.05) is 29.6 Å². The Hall–Kier alpha value is -1.61. The second-order valence-electron chi connectivity index (χ2n) is 10.7. The molecule has 1 aromatic heterocycles. The summed E-state index contributed by atoms with van der Waals surface area (Å²) in [4.78, 5) is 30.2. The number of ether oxygens (including phenoxy) is 2. The molecule has 34 heavy (non-hydrogen) atoms. The number of hydrogen-bond donors (Lipinski definition) is 2. The van der Waals surface area contributed by atoms with Crippen LogP contribution < -0.4 is 0 Å². The van der Waals surface area contributed by atoms with Gasteiger partial charge in [0.1, 0.15) is 16.9 Å². The number of aliphatic hydroxyl groups excluding tert-OH is 2. The SMILES string of the molecule is C/C(=C\c1csc(CO)n1)[C@@H]1CC2O[C@]2(C)CCCCC(O)[C@@H](C)C(=O)C(C)(C)CCC(=O)O1. The molecule has 2 fully saturated rings. The second-order valence-corrected chi connectivity index (χ2v) is 11.6. The highest BCUT2D eigenvalue weighted by Gasteiger charge is 2.52. The number of aromatic nitrogens is 1. The predicted molar refractivity (Wildman–Crippen MR) is 131 cm³/mol. The lowest BCUT2D eigenvalue weighted by Crippen LogP contribution is -2.36. The normalized spacial score (nSPS) is 33.8. The molecule has 8 heteroatoms. The molecule has 0 radical (unpaired) electrons. The molecule has 2 saturated heterocycles. The van der Waals surface area contributed by atoms with E-state index in [9.17, 15) is 19.8 Å². The molecule has 2 aliphatic rings. The number of carbonyl (C=O) groups excluding carboxylic acids is 2. The van der Waals surface area contributed by atoms with Gasteiger partial charge >= 0.3 is 5.97 Å². The fourth-order valence-electron chi connectivity index (χ4n) is 4.75. The molecule has 1 aromatic rings. The summed E-state index contributed by atoms with van der Waals surface area (Å²) in [6.45, 7) is 9.35. The molecule has 0 amide bonds. The van der Waals surface area contributed by atoms with Gasteiger partial charge in [0.05, 0.1) is 30.1 Å². The molecule has 0 bridgehead atoms. The molecule has 190 valence electrons. The van der Waals surface area contributed by atoms with Crippen molar-refractivity contribution in [3.05, 3.63) is 21.7 Å². The molecule has 2 unspecified atom stereocenters. The van der Waals surface area contributed by atoms with Gasteiger partial charge in [-0.05, 0) is 44.8 Å². The lowest BCUT2D eigenvalue weighted by atomic mass is 9.76. The van der Waals surface area contributed by atoms with Crippen LogP contribution in [0.5, 0.6) is 0 Å². The number of fused-ring (bicyclic) bond motifs is 1. The molecule has 5 atom stereocenters. The number of esters is 1. The first-order chi connectivity index (χ1) is 15.9. The first-order valence-electron chi connectivity index (χ1n) is 12.3. The Labute approximate surface area is 206 Å². The Balaban J connectivity index is 1.78. The highest BCUT2D eigenvalue weighted by atomic mass is 32.1. The summed E-state index contributed by atoms with van der Waals surface area (Å²) >= 11 is 1.39. The number of epoxide rings is 1. The van der Waals surface area contributed by atoms with Crippen LogP contribution in [-0.2, 0) is 25.7 Å². The van der Waals surface area contributed by atoms with Crippen LogP contribution in [0, 0.1) is 11.3 Å². The molecule has 0 saturated carbocycles. The third-order valence-electron chi connectivity index (χ3n) is 7.36. The summed E-state index contributed by atoms with van der Waals surface area (Å²) in [5.74, 6) is -0.844. The van der Waals surface area contributed by atoms with E-state index in [0.717, 1.165) is 30.5 Å². The van der Waals surface area contributed by atoms with Crippen molar-refractivity contribution < 1.29 is 29.3 Å². The maximum absolute atomic E-state index is 13.0. The van der Waals surface area contributed by atoms with Gasteiger partial charge in [-0.25, -0.2) is 4.98 Å². The van der Waals surface area contributed by atoms with Crippen LogP contribution in [0.15, 0.2) is 11.0 Å². The summed E-state index contributed by atoms with van der Waals surface area (Å²) < 4.78 is 11.9. The average molecular weight is 494 g/mol. The van der Waals surface area contributed by atoms with Crippen molar-refractivity contribution in [1.29, 1.82) is 0 Å². The largest absolute Gasteiger partial charge is 0.458 e.